The van der Waals surface area contributed by atoms with Crippen molar-refractivity contribution in [2.45, 2.75) is 58.0 Å². The van der Waals surface area contributed by atoms with Crippen molar-refractivity contribution in [3.8, 4) is 22.8 Å². The van der Waals surface area contributed by atoms with Gasteiger partial charge in [0.15, 0.2) is 11.6 Å². The van der Waals surface area contributed by atoms with Gasteiger partial charge in [0.2, 0.25) is 11.8 Å². The number of hydrogen-bond donors (Lipinski definition) is 5. The quantitative estimate of drug-likeness (QED) is 0.0269. The first-order valence-electron chi connectivity index (χ1n) is 16.7. The van der Waals surface area contributed by atoms with Gasteiger partial charge in [0.05, 0.1) is 5.56 Å². The predicted octanol–water partition coefficient (Wildman–Crippen LogP) is 8.56. The van der Waals surface area contributed by atoms with E-state index in [1.54, 1.807) is 0 Å². The van der Waals surface area contributed by atoms with E-state index in [4.69, 9.17) is 10.9 Å². The maximum atomic E-state index is 13.1. The van der Waals surface area contributed by atoms with E-state index in [9.17, 15) is 51.8 Å². The third-order valence-corrected chi connectivity index (χ3v) is 8.66. The molecule has 0 saturated heterocycles. The van der Waals surface area contributed by atoms with Gasteiger partial charge in [-0.3, -0.25) is 30.7 Å². The Morgan fingerprint density at radius 1 is 0.787 bits per heavy atom. The van der Waals surface area contributed by atoms with Crippen LogP contribution < -0.4 is 22.1 Å². The van der Waals surface area contributed by atoms with Gasteiger partial charge in [0.1, 0.15) is 17.6 Å². The molecule has 2 aliphatic carbocycles. The number of carboxylic acids is 1. The summed E-state index contributed by atoms with van der Waals surface area (Å²) in [6, 6.07) is 5.39. The van der Waals surface area contributed by atoms with Crippen LogP contribution in [0.5, 0.6) is 0 Å². The number of rotatable bonds is 9. The molecule has 0 atom stereocenters. The molecule has 2 aliphatic rings. The first-order valence-corrected chi connectivity index (χ1v) is 27.7. The number of carbonyl (C=O) groups is 4. The van der Waals surface area contributed by atoms with Gasteiger partial charge < -0.3 is 5.11 Å². The number of aryl methyl sites for hydroxylation is 2. The van der Waals surface area contributed by atoms with Gasteiger partial charge in [-0.25, -0.2) is 30.0 Å². The van der Waals surface area contributed by atoms with Gasteiger partial charge in [0.25, 0.3) is 5.91 Å². The summed E-state index contributed by atoms with van der Waals surface area (Å²) in [6.45, 7) is 4.02. The fraction of sp³-hybridized carbons (Fsp3) is 0.294. The van der Waals surface area contributed by atoms with Crippen LogP contribution in [0.15, 0.2) is 66.1 Å². The molecule has 0 unspecified atom stereocenters. The van der Waals surface area contributed by atoms with Gasteiger partial charge in [-0.2, -0.15) is 13.2 Å². The van der Waals surface area contributed by atoms with Crippen LogP contribution in [0.4, 0.5) is 32.6 Å². The summed E-state index contributed by atoms with van der Waals surface area (Å²) in [6.07, 6.45) is 4.49. The van der Waals surface area contributed by atoms with E-state index in [2.05, 4.69) is 82.5 Å². The molecule has 0 aliphatic heterocycles. The number of aliphatic carboxylic acids is 1. The second-order valence-corrected chi connectivity index (χ2v) is 27.0. The maximum absolute atomic E-state index is 13.1. The molecule has 3 amide bonds. The van der Waals surface area contributed by atoms with Crippen LogP contribution in [0.1, 0.15) is 49.8 Å². The molecule has 61 heavy (non-hydrogen) atoms. The fourth-order valence-corrected chi connectivity index (χ4v) is 5.24. The second-order valence-electron chi connectivity index (χ2n) is 12.8. The Morgan fingerprint density at radius 3 is 1.66 bits per heavy atom. The molecule has 2 saturated carbocycles. The summed E-state index contributed by atoms with van der Waals surface area (Å²) in [4.78, 5) is 48.6. The topological polar surface area (TPSA) is 212 Å². The molecular weight excluding hydrogens is 1120 g/mol. The number of aromatic nitrogens is 6. The third kappa shape index (κ3) is 18.8. The van der Waals surface area contributed by atoms with Crippen molar-refractivity contribution >= 4 is 86.3 Å². The molecule has 2 aromatic heterocycles. The number of benzene rings is 2. The molecular formula is C34H38F8I2N10O5SV. The summed E-state index contributed by atoms with van der Waals surface area (Å²) < 4.78 is 107. The minimum absolute atomic E-state index is 0. The van der Waals surface area contributed by atoms with Gasteiger partial charge in [-0.1, -0.05) is 44.0 Å². The molecule has 15 nitrogen and oxygen atoms in total. The van der Waals surface area contributed by atoms with Crippen molar-refractivity contribution in [3.63, 3.8) is 0 Å². The summed E-state index contributed by atoms with van der Waals surface area (Å²) in [7, 11) is -9.81. The molecule has 2 fully saturated rings. The number of carboxylic acid groups (broad SMARTS) is 1. The Hall–Kier alpha value is -4.13. The van der Waals surface area contributed by atoms with E-state index in [0.29, 0.717) is 28.1 Å². The van der Waals surface area contributed by atoms with E-state index < -0.39 is 56.2 Å². The summed E-state index contributed by atoms with van der Waals surface area (Å²) in [5.41, 5.74) is 6.57. The van der Waals surface area contributed by atoms with E-state index >= 15 is 0 Å². The standard InChI is InChI=1S/C16H13F8N5O2S.C13H13N3O2.C4H8N2O.CH4.2HI.V/c17-16(18,19)11-5-10(6-12(7-11)32(20,21,22,23)24)14-25-8-29(28-14)4-3-13(30)26-27-15(31)9-1-2-9;1-9-5-10(2)7-11(6-9)13-14-8-16(15-13)4-3-12(17)18;5-6-4(7)3-1-2-3;;;;/h3-9H,1-2H2,(H,26,30)(H,27,31);3-8H,1-2H3,(H,17,18);3H,1-2,5H2,(H,6,7);1H4;2*1H;/q;;;;;;+2/p-2/b2*4-3-;;;;;. The van der Waals surface area contributed by atoms with Crippen LogP contribution in [-0.4, -0.2) is 58.3 Å². The third-order valence-electron chi connectivity index (χ3n) is 7.53. The number of hydrogen-bond acceptors (Lipinski definition) is 9. The summed E-state index contributed by atoms with van der Waals surface area (Å²) in [5, 5.41) is 16.3. The number of nitrogens with one attached hydrogen (secondary N) is 3. The van der Waals surface area contributed by atoms with Crippen LogP contribution in [0.3, 0.4) is 0 Å². The summed E-state index contributed by atoms with van der Waals surface area (Å²) in [5.74, 6) is 2.48. The number of nitrogens with two attached hydrogens (primary N) is 1. The van der Waals surface area contributed by atoms with Crippen LogP contribution in [-0.2, 0) is 34.8 Å². The van der Waals surface area contributed by atoms with Crippen LogP contribution in [0.2, 0.25) is 0 Å². The zero-order chi connectivity index (χ0) is 45.1. The van der Waals surface area contributed by atoms with Crippen LogP contribution >= 0.6 is 50.2 Å². The number of hydrazine groups is 2. The van der Waals surface area contributed by atoms with Crippen LogP contribution in [0.25, 0.3) is 35.2 Å². The molecule has 6 rings (SSSR count). The van der Waals surface area contributed by atoms with E-state index in [-0.39, 0.29) is 43.2 Å². The van der Waals surface area contributed by atoms with E-state index in [1.807, 2.05) is 26.0 Å². The second kappa shape index (κ2) is 21.3. The van der Waals surface area contributed by atoms with Crippen molar-refractivity contribution in [2.24, 2.45) is 17.7 Å². The Balaban J connectivity index is 0.000000368. The first-order chi connectivity index (χ1) is 27.7. The first kappa shape index (κ1) is 53.0. The Kier molecular flexibility index (Phi) is 18.5. The average molecular weight is 1160 g/mol. The van der Waals surface area contributed by atoms with Gasteiger partial charge in [0, 0.05) is 47.5 Å². The van der Waals surface area contributed by atoms with Crippen molar-refractivity contribution in [1.29, 1.82) is 0 Å². The molecule has 0 bridgehead atoms. The fourth-order valence-electron chi connectivity index (χ4n) is 4.54. The monoisotopic (exact) mass is 1160 g/mol. The van der Waals surface area contributed by atoms with E-state index in [0.717, 1.165) is 58.9 Å². The molecule has 27 heteroatoms. The SMILES string of the molecule is C.Cc1cc(C)cc(-c2ncn(/C=C\C(=O)O)n2)c1.NNC(=O)C1CC1.O=C(/C=C\n1cnc(-c2cc(C(F)(F)F)cc(S(F)(F)(F)(F)F)c2)n1)NNC(=O)C1CC1.[I][V][I]. The Morgan fingerprint density at radius 2 is 1.25 bits per heavy atom. The molecule has 0 spiro atoms. The van der Waals surface area contributed by atoms with E-state index in [1.165, 1.54) is 17.2 Å². The van der Waals surface area contributed by atoms with Gasteiger partial charge in [-0.05, 0) is 69.9 Å². The summed E-state index contributed by atoms with van der Waals surface area (Å²) >= 11 is 4.74. The number of amides is 3. The number of alkyl halides is 3. The normalized spacial score (nSPS) is 14.6. The van der Waals surface area contributed by atoms with Crippen molar-refractivity contribution in [2.75, 3.05) is 0 Å². The predicted molar refractivity (Wildman–Crippen MR) is 224 cm³/mol. The zero-order valence-electron chi connectivity index (χ0n) is 30.9. The van der Waals surface area contributed by atoms with Gasteiger partial charge in [-0.15, -0.1) is 10.2 Å². The molecule has 335 valence electrons. The molecule has 2 heterocycles. The number of nitrogens with zero attached hydrogens (tertiary/aromatic N) is 6. The Labute approximate surface area is 372 Å². The number of halogens is 10. The van der Waals surface area contributed by atoms with Crippen molar-refractivity contribution in [1.82, 2.24) is 45.8 Å². The molecule has 4 aromatic rings. The van der Waals surface area contributed by atoms with Gasteiger partial charge >= 0.3 is 71.8 Å². The minimum atomic E-state index is -10.4. The molecule has 0 radical (unpaired) electrons. The zero-order valence-corrected chi connectivity index (χ0v) is 37.4. The Bertz CT molecular complexity index is 2230. The average Bonchev–Trinajstić information content (AvgIpc) is 4.08. The van der Waals surface area contributed by atoms with Crippen molar-refractivity contribution < 1.29 is 66.4 Å². The molecule has 2 aromatic carbocycles. The van der Waals surface area contributed by atoms with Crippen molar-refractivity contribution in [3.05, 3.63) is 77.9 Å². The number of carbonyl (C=O) groups excluding carboxylic acids is 3. The molecule has 6 N–H and O–H groups in total. The van der Waals surface area contributed by atoms with Crippen LogP contribution in [0, 0.1) is 25.7 Å².